The van der Waals surface area contributed by atoms with E-state index in [0.717, 1.165) is 4.31 Å². The number of esters is 1. The van der Waals surface area contributed by atoms with Crippen LogP contribution < -0.4 is 5.32 Å². The molecule has 7 nitrogen and oxygen atoms in total. The number of rotatable bonds is 7. The van der Waals surface area contributed by atoms with Crippen molar-refractivity contribution in [2.24, 2.45) is 0 Å². The van der Waals surface area contributed by atoms with Crippen molar-refractivity contribution >= 4 is 50.8 Å². The van der Waals surface area contributed by atoms with E-state index in [4.69, 9.17) is 27.9 Å². The number of benzene rings is 2. The highest BCUT2D eigenvalue weighted by molar-refractivity contribution is 7.89. The van der Waals surface area contributed by atoms with E-state index in [1.807, 2.05) is 0 Å². The molecule has 2 aromatic rings. The molecule has 0 aliphatic carbocycles. The highest BCUT2D eigenvalue weighted by Crippen LogP contribution is 2.29. The van der Waals surface area contributed by atoms with E-state index in [1.54, 1.807) is 25.1 Å². The summed E-state index contributed by atoms with van der Waals surface area (Å²) in [7, 11) is -2.77. The van der Waals surface area contributed by atoms with Gasteiger partial charge in [-0.15, -0.1) is 0 Å². The molecular formula is C18H18Cl2N2O5S. The molecule has 0 aromatic heterocycles. The van der Waals surface area contributed by atoms with Crippen molar-refractivity contribution in [1.82, 2.24) is 4.31 Å². The number of ether oxygens (including phenoxy) is 1. The summed E-state index contributed by atoms with van der Waals surface area (Å²) < 4.78 is 31.2. The Balaban J connectivity index is 2.16. The number of halogens is 2. The maximum Gasteiger partial charge on any atom is 0.338 e. The normalized spacial score (nSPS) is 11.3. The van der Waals surface area contributed by atoms with Gasteiger partial charge in [0.05, 0.1) is 39.3 Å². The van der Waals surface area contributed by atoms with Crippen LogP contribution in [0.2, 0.25) is 10.0 Å². The Kier molecular flexibility index (Phi) is 7.42. The molecule has 2 rings (SSSR count). The number of para-hydroxylation sites is 1. The Morgan fingerprint density at radius 1 is 1.11 bits per heavy atom. The predicted octanol–water partition coefficient (Wildman–Crippen LogP) is 3.43. The molecular weight excluding hydrogens is 427 g/mol. The lowest BCUT2D eigenvalue weighted by atomic mass is 10.2. The summed E-state index contributed by atoms with van der Waals surface area (Å²) in [5, 5.41) is 2.96. The van der Waals surface area contributed by atoms with Gasteiger partial charge >= 0.3 is 5.97 Å². The molecule has 28 heavy (non-hydrogen) atoms. The minimum atomic E-state index is -4.02. The number of nitrogens with one attached hydrogen (secondary N) is 1. The summed E-state index contributed by atoms with van der Waals surface area (Å²) >= 11 is 12.0. The molecule has 150 valence electrons. The minimum absolute atomic E-state index is 0.101. The third-order valence-electron chi connectivity index (χ3n) is 3.65. The molecule has 0 fully saturated rings. The molecule has 2 aromatic carbocycles. The molecule has 10 heteroatoms. The van der Waals surface area contributed by atoms with Crippen molar-refractivity contribution in [2.75, 3.05) is 25.5 Å². The zero-order chi connectivity index (χ0) is 20.9. The summed E-state index contributed by atoms with van der Waals surface area (Å²) in [6, 6.07) is 10.1. The van der Waals surface area contributed by atoms with Gasteiger partial charge in [0.2, 0.25) is 15.9 Å². The Labute approximate surface area is 173 Å². The monoisotopic (exact) mass is 444 g/mol. The van der Waals surface area contributed by atoms with Crippen LogP contribution in [0.5, 0.6) is 0 Å². The van der Waals surface area contributed by atoms with Crippen LogP contribution in [0.4, 0.5) is 5.69 Å². The quantitative estimate of drug-likeness (QED) is 0.660. The molecule has 0 aliphatic heterocycles. The topological polar surface area (TPSA) is 92.8 Å². The first kappa shape index (κ1) is 22.2. The van der Waals surface area contributed by atoms with Crippen LogP contribution in [0, 0.1) is 0 Å². The van der Waals surface area contributed by atoms with E-state index in [0.29, 0.717) is 0 Å². The number of hydrogen-bond donors (Lipinski definition) is 1. The predicted molar refractivity (Wildman–Crippen MR) is 107 cm³/mol. The van der Waals surface area contributed by atoms with Crippen LogP contribution >= 0.6 is 23.2 Å². The minimum Gasteiger partial charge on any atom is -0.462 e. The van der Waals surface area contributed by atoms with Crippen LogP contribution in [-0.2, 0) is 19.6 Å². The number of anilines is 1. The van der Waals surface area contributed by atoms with E-state index >= 15 is 0 Å². The second-order valence-corrected chi connectivity index (χ2v) is 8.51. The maximum absolute atomic E-state index is 12.7. The average molecular weight is 445 g/mol. The lowest BCUT2D eigenvalue weighted by Gasteiger charge is -2.18. The third kappa shape index (κ3) is 5.23. The Hall–Kier alpha value is -2.13. The average Bonchev–Trinajstić information content (AvgIpc) is 2.65. The summed E-state index contributed by atoms with van der Waals surface area (Å²) in [6.45, 7) is 1.34. The van der Waals surface area contributed by atoms with Crippen LogP contribution in [0.25, 0.3) is 0 Å². The molecule has 0 unspecified atom stereocenters. The second-order valence-electron chi connectivity index (χ2n) is 5.65. The standard InChI is InChI=1S/C18H18Cl2N2O5S/c1-3-27-18(24)12-6-4-7-13(10-12)28(25,26)22(2)11-16(23)21-17-14(19)8-5-9-15(17)20/h4-10H,3,11H2,1-2H3,(H,21,23). The number of carbonyl (C=O) groups is 2. The first-order chi connectivity index (χ1) is 13.2. The fourth-order valence-electron chi connectivity index (χ4n) is 2.26. The fraction of sp³-hybridized carbons (Fsp3) is 0.222. The molecule has 0 heterocycles. The van der Waals surface area contributed by atoms with E-state index in [2.05, 4.69) is 5.32 Å². The van der Waals surface area contributed by atoms with Gasteiger partial charge in [0.15, 0.2) is 0 Å². The van der Waals surface area contributed by atoms with E-state index < -0.39 is 28.4 Å². The lowest BCUT2D eigenvalue weighted by molar-refractivity contribution is -0.116. The van der Waals surface area contributed by atoms with Crippen LogP contribution in [0.1, 0.15) is 17.3 Å². The number of hydrogen-bond acceptors (Lipinski definition) is 5. The fourth-order valence-corrected chi connectivity index (χ4v) is 3.93. The smallest absolute Gasteiger partial charge is 0.338 e. The van der Waals surface area contributed by atoms with Crippen molar-refractivity contribution in [3.8, 4) is 0 Å². The summed E-state index contributed by atoms with van der Waals surface area (Å²) in [4.78, 5) is 23.9. The maximum atomic E-state index is 12.7. The van der Waals surface area contributed by atoms with Crippen molar-refractivity contribution in [3.63, 3.8) is 0 Å². The number of sulfonamides is 1. The van der Waals surface area contributed by atoms with Crippen molar-refractivity contribution in [1.29, 1.82) is 0 Å². The van der Waals surface area contributed by atoms with E-state index in [9.17, 15) is 18.0 Å². The van der Waals surface area contributed by atoms with Crippen LogP contribution in [0.3, 0.4) is 0 Å². The van der Waals surface area contributed by atoms with Crippen molar-refractivity contribution in [3.05, 3.63) is 58.1 Å². The van der Waals surface area contributed by atoms with Gasteiger partial charge in [-0.25, -0.2) is 13.2 Å². The number of carbonyl (C=O) groups excluding carboxylic acids is 2. The third-order valence-corrected chi connectivity index (χ3v) is 6.08. The molecule has 0 saturated carbocycles. The van der Waals surface area contributed by atoms with Gasteiger partial charge in [-0.05, 0) is 37.3 Å². The molecule has 0 spiro atoms. The van der Waals surface area contributed by atoms with Gasteiger partial charge in [0, 0.05) is 7.05 Å². The van der Waals surface area contributed by atoms with Crippen molar-refractivity contribution < 1.29 is 22.7 Å². The number of likely N-dealkylation sites (N-methyl/N-ethyl adjacent to an activating group) is 1. The van der Waals surface area contributed by atoms with Gasteiger partial charge in [-0.3, -0.25) is 4.79 Å². The van der Waals surface area contributed by atoms with Crippen molar-refractivity contribution in [2.45, 2.75) is 11.8 Å². The largest absolute Gasteiger partial charge is 0.462 e. The molecule has 0 bridgehead atoms. The molecule has 0 radical (unpaired) electrons. The lowest BCUT2D eigenvalue weighted by Crippen LogP contribution is -2.35. The highest BCUT2D eigenvalue weighted by Gasteiger charge is 2.24. The SMILES string of the molecule is CCOC(=O)c1cccc(S(=O)(=O)N(C)CC(=O)Nc2c(Cl)cccc2Cl)c1. The summed E-state index contributed by atoms with van der Waals surface area (Å²) in [6.07, 6.45) is 0. The number of amides is 1. The zero-order valence-corrected chi connectivity index (χ0v) is 17.4. The highest BCUT2D eigenvalue weighted by atomic mass is 35.5. The summed E-state index contributed by atoms with van der Waals surface area (Å²) in [5.41, 5.74) is 0.301. The second kappa shape index (κ2) is 9.38. The van der Waals surface area contributed by atoms with Crippen LogP contribution in [-0.4, -0.2) is 44.8 Å². The van der Waals surface area contributed by atoms with E-state index in [1.165, 1.54) is 31.3 Å². The Bertz CT molecular complexity index is 975. The zero-order valence-electron chi connectivity index (χ0n) is 15.1. The first-order valence-corrected chi connectivity index (χ1v) is 10.3. The molecule has 1 N–H and O–H groups in total. The molecule has 0 atom stereocenters. The van der Waals surface area contributed by atoms with Gasteiger partial charge in [-0.2, -0.15) is 4.31 Å². The van der Waals surface area contributed by atoms with Gasteiger partial charge in [0.1, 0.15) is 0 Å². The first-order valence-electron chi connectivity index (χ1n) is 8.14. The van der Waals surface area contributed by atoms with Gasteiger partial charge in [-0.1, -0.05) is 35.3 Å². The summed E-state index contributed by atoms with van der Waals surface area (Å²) in [5.74, 6) is -1.25. The molecule has 1 amide bonds. The molecule has 0 aliphatic rings. The Morgan fingerprint density at radius 2 is 1.71 bits per heavy atom. The van der Waals surface area contributed by atoms with Crippen LogP contribution in [0.15, 0.2) is 47.4 Å². The Morgan fingerprint density at radius 3 is 2.32 bits per heavy atom. The number of nitrogens with zero attached hydrogens (tertiary/aromatic N) is 1. The van der Waals surface area contributed by atoms with E-state index in [-0.39, 0.29) is 32.8 Å². The molecule has 0 saturated heterocycles. The van der Waals surface area contributed by atoms with Gasteiger partial charge in [0.25, 0.3) is 0 Å². The van der Waals surface area contributed by atoms with Gasteiger partial charge < -0.3 is 10.1 Å².